The molecule has 1 aromatic rings. The minimum absolute atomic E-state index is 0.516. The molecule has 100 valence electrons. The molecule has 0 bridgehead atoms. The Morgan fingerprint density at radius 1 is 1.44 bits per heavy atom. The molecule has 0 atom stereocenters. The number of nitrogens with one attached hydrogen (secondary N) is 1. The Hall–Kier alpha value is -1.09. The predicted octanol–water partition coefficient (Wildman–Crippen LogP) is 2.73. The summed E-state index contributed by atoms with van der Waals surface area (Å²) in [6.45, 7) is 8.54. The molecular weight excluding hydrogens is 222 g/mol. The average molecular weight is 247 g/mol. The van der Waals surface area contributed by atoms with Gasteiger partial charge in [0.2, 0.25) is 0 Å². The van der Waals surface area contributed by atoms with E-state index in [1.165, 1.54) is 24.0 Å². The molecule has 1 aromatic heterocycles. The van der Waals surface area contributed by atoms with Crippen molar-refractivity contribution in [1.82, 2.24) is 10.3 Å². The molecule has 2 rings (SSSR count). The van der Waals surface area contributed by atoms with Gasteiger partial charge in [-0.15, -0.1) is 0 Å². The van der Waals surface area contributed by atoms with Crippen molar-refractivity contribution in [1.29, 1.82) is 0 Å². The molecule has 1 N–H and O–H groups in total. The highest BCUT2D eigenvalue weighted by atomic mass is 15.2. The van der Waals surface area contributed by atoms with E-state index in [0.717, 1.165) is 24.8 Å². The van der Waals surface area contributed by atoms with Crippen LogP contribution in [0.25, 0.3) is 0 Å². The van der Waals surface area contributed by atoms with Gasteiger partial charge in [0, 0.05) is 32.4 Å². The van der Waals surface area contributed by atoms with Crippen LogP contribution in [0, 0.1) is 12.8 Å². The monoisotopic (exact) mass is 247 g/mol. The number of aromatic nitrogens is 1. The van der Waals surface area contributed by atoms with E-state index in [1.807, 2.05) is 6.20 Å². The number of anilines is 1. The van der Waals surface area contributed by atoms with Gasteiger partial charge in [-0.3, -0.25) is 0 Å². The largest absolute Gasteiger partial charge is 0.359 e. The lowest BCUT2D eigenvalue weighted by Crippen LogP contribution is -2.24. The quantitative estimate of drug-likeness (QED) is 0.838. The van der Waals surface area contributed by atoms with E-state index in [2.05, 4.69) is 49.1 Å². The Kier molecular flexibility index (Phi) is 4.23. The van der Waals surface area contributed by atoms with Crippen molar-refractivity contribution in [2.24, 2.45) is 5.92 Å². The van der Waals surface area contributed by atoms with E-state index in [1.54, 1.807) is 0 Å². The summed E-state index contributed by atoms with van der Waals surface area (Å²) in [6.07, 6.45) is 4.78. The van der Waals surface area contributed by atoms with Crippen LogP contribution >= 0.6 is 0 Å². The van der Waals surface area contributed by atoms with E-state index in [-0.39, 0.29) is 0 Å². The van der Waals surface area contributed by atoms with Crippen LogP contribution in [0.2, 0.25) is 0 Å². The molecule has 1 fully saturated rings. The van der Waals surface area contributed by atoms with Crippen LogP contribution < -0.4 is 10.2 Å². The highest BCUT2D eigenvalue weighted by Crippen LogP contribution is 2.31. The zero-order valence-corrected chi connectivity index (χ0v) is 12.0. The first-order valence-corrected chi connectivity index (χ1v) is 6.96. The molecule has 3 heteroatoms. The maximum Gasteiger partial charge on any atom is 0.131 e. The first-order valence-electron chi connectivity index (χ1n) is 6.96. The summed E-state index contributed by atoms with van der Waals surface area (Å²) >= 11 is 0. The fourth-order valence-electron chi connectivity index (χ4n) is 2.22. The number of hydrogen-bond donors (Lipinski definition) is 1. The highest BCUT2D eigenvalue weighted by Gasteiger charge is 2.23. The van der Waals surface area contributed by atoms with Crippen LogP contribution in [0.15, 0.2) is 12.3 Å². The van der Waals surface area contributed by atoms with Crippen molar-refractivity contribution in [3.63, 3.8) is 0 Å². The SMILES string of the molecule is Cc1cc(CNC(C)C)cnc1N(C)CC1CC1. The summed E-state index contributed by atoms with van der Waals surface area (Å²) in [6, 6.07) is 2.77. The average Bonchev–Trinajstić information content (AvgIpc) is 3.10. The van der Waals surface area contributed by atoms with Gasteiger partial charge in [-0.1, -0.05) is 13.8 Å². The van der Waals surface area contributed by atoms with Gasteiger partial charge in [-0.2, -0.15) is 0 Å². The second kappa shape index (κ2) is 5.70. The molecule has 0 aromatic carbocycles. The second-order valence-electron chi connectivity index (χ2n) is 5.84. The third-order valence-corrected chi connectivity index (χ3v) is 3.41. The predicted molar refractivity (Wildman–Crippen MR) is 76.9 cm³/mol. The van der Waals surface area contributed by atoms with E-state index >= 15 is 0 Å². The summed E-state index contributed by atoms with van der Waals surface area (Å²) in [5, 5.41) is 3.43. The minimum Gasteiger partial charge on any atom is -0.359 e. The molecule has 0 aliphatic heterocycles. The molecule has 1 aliphatic rings. The van der Waals surface area contributed by atoms with E-state index < -0.39 is 0 Å². The van der Waals surface area contributed by atoms with E-state index in [0.29, 0.717) is 6.04 Å². The molecule has 1 saturated carbocycles. The summed E-state index contributed by atoms with van der Waals surface area (Å²) in [4.78, 5) is 6.92. The summed E-state index contributed by atoms with van der Waals surface area (Å²) < 4.78 is 0. The first kappa shape index (κ1) is 13.3. The van der Waals surface area contributed by atoms with Gasteiger partial charge in [0.1, 0.15) is 5.82 Å². The molecule has 1 aliphatic carbocycles. The molecule has 0 amide bonds. The minimum atomic E-state index is 0.516. The van der Waals surface area contributed by atoms with Crippen LogP contribution in [0.1, 0.15) is 37.8 Å². The Morgan fingerprint density at radius 3 is 2.72 bits per heavy atom. The molecule has 1 heterocycles. The van der Waals surface area contributed by atoms with Crippen molar-refractivity contribution in [2.75, 3.05) is 18.5 Å². The summed E-state index contributed by atoms with van der Waals surface area (Å²) in [5.74, 6) is 2.04. The Balaban J connectivity index is 1.99. The Bertz CT molecular complexity index is 397. The lowest BCUT2D eigenvalue weighted by Gasteiger charge is -2.20. The summed E-state index contributed by atoms with van der Waals surface area (Å²) in [5.41, 5.74) is 2.55. The lowest BCUT2D eigenvalue weighted by molar-refractivity contribution is 0.587. The number of aryl methyl sites for hydroxylation is 1. The van der Waals surface area contributed by atoms with Crippen LogP contribution in [-0.4, -0.2) is 24.6 Å². The van der Waals surface area contributed by atoms with Gasteiger partial charge >= 0.3 is 0 Å². The van der Waals surface area contributed by atoms with Gasteiger partial charge in [0.15, 0.2) is 0 Å². The molecular formula is C15H25N3. The van der Waals surface area contributed by atoms with Gasteiger partial charge < -0.3 is 10.2 Å². The van der Waals surface area contributed by atoms with Crippen LogP contribution in [0.4, 0.5) is 5.82 Å². The van der Waals surface area contributed by atoms with Crippen molar-refractivity contribution in [2.45, 2.75) is 46.2 Å². The smallest absolute Gasteiger partial charge is 0.131 e. The van der Waals surface area contributed by atoms with Gasteiger partial charge in [0.25, 0.3) is 0 Å². The Labute approximate surface area is 111 Å². The zero-order chi connectivity index (χ0) is 13.1. The van der Waals surface area contributed by atoms with E-state index in [9.17, 15) is 0 Å². The van der Waals surface area contributed by atoms with Gasteiger partial charge in [-0.25, -0.2) is 4.98 Å². The highest BCUT2D eigenvalue weighted by molar-refractivity contribution is 5.46. The fraction of sp³-hybridized carbons (Fsp3) is 0.667. The Morgan fingerprint density at radius 2 is 2.17 bits per heavy atom. The zero-order valence-electron chi connectivity index (χ0n) is 12.0. The van der Waals surface area contributed by atoms with Crippen LogP contribution in [0.5, 0.6) is 0 Å². The fourth-order valence-corrected chi connectivity index (χ4v) is 2.22. The number of rotatable bonds is 6. The molecule has 18 heavy (non-hydrogen) atoms. The molecule has 0 radical (unpaired) electrons. The maximum absolute atomic E-state index is 4.62. The van der Waals surface area contributed by atoms with Crippen molar-refractivity contribution < 1.29 is 0 Å². The van der Waals surface area contributed by atoms with Crippen molar-refractivity contribution >= 4 is 5.82 Å². The standard InChI is InChI=1S/C15H25N3/c1-11(2)16-8-14-7-12(3)15(17-9-14)18(4)10-13-5-6-13/h7,9,11,13,16H,5-6,8,10H2,1-4H3. The van der Waals surface area contributed by atoms with Gasteiger partial charge in [0.05, 0.1) is 0 Å². The first-order chi connectivity index (χ1) is 8.56. The van der Waals surface area contributed by atoms with Crippen molar-refractivity contribution in [3.8, 4) is 0 Å². The van der Waals surface area contributed by atoms with Crippen molar-refractivity contribution in [3.05, 3.63) is 23.4 Å². The van der Waals surface area contributed by atoms with Gasteiger partial charge in [-0.05, 0) is 42.9 Å². The van der Waals surface area contributed by atoms with Crippen LogP contribution in [0.3, 0.4) is 0 Å². The summed E-state index contributed by atoms with van der Waals surface area (Å²) in [7, 11) is 2.15. The molecule has 0 spiro atoms. The molecule has 0 saturated heterocycles. The molecule has 3 nitrogen and oxygen atoms in total. The topological polar surface area (TPSA) is 28.2 Å². The third kappa shape index (κ3) is 3.70. The molecule has 0 unspecified atom stereocenters. The normalized spacial score (nSPS) is 15.2. The van der Waals surface area contributed by atoms with Crippen LogP contribution in [-0.2, 0) is 6.54 Å². The second-order valence-corrected chi connectivity index (χ2v) is 5.84. The number of pyridine rings is 1. The number of hydrogen-bond acceptors (Lipinski definition) is 3. The maximum atomic E-state index is 4.62. The van der Waals surface area contributed by atoms with E-state index in [4.69, 9.17) is 0 Å². The third-order valence-electron chi connectivity index (χ3n) is 3.41. The lowest BCUT2D eigenvalue weighted by atomic mass is 10.2. The number of nitrogens with zero attached hydrogens (tertiary/aromatic N) is 2.